The smallest absolute Gasteiger partial charge is 0.305 e. The molecule has 18 heavy (non-hydrogen) atoms. The molecule has 4 heteroatoms. The first-order valence-electron chi connectivity index (χ1n) is 6.84. The number of carbonyl (C=O) groups is 1. The Balaban J connectivity index is 1.69. The van der Waals surface area contributed by atoms with E-state index in [4.69, 9.17) is 4.74 Å². The van der Waals surface area contributed by atoms with Gasteiger partial charge in [0.1, 0.15) is 0 Å². The molecule has 0 bridgehead atoms. The second-order valence-corrected chi connectivity index (χ2v) is 5.86. The first kappa shape index (κ1) is 13.5. The molecule has 0 saturated heterocycles. The van der Waals surface area contributed by atoms with Crippen LogP contribution in [0.25, 0.3) is 0 Å². The molecule has 0 aliphatic heterocycles. The Kier molecular flexibility index (Phi) is 5.17. The predicted octanol–water partition coefficient (Wildman–Crippen LogP) is 3.76. The first-order valence-corrected chi connectivity index (χ1v) is 7.72. The lowest BCUT2D eigenvalue weighted by molar-refractivity contribution is -0.143. The van der Waals surface area contributed by atoms with E-state index in [-0.39, 0.29) is 5.97 Å². The van der Waals surface area contributed by atoms with E-state index in [1.54, 1.807) is 11.3 Å². The Morgan fingerprint density at radius 2 is 2.22 bits per heavy atom. The highest BCUT2D eigenvalue weighted by molar-refractivity contribution is 7.09. The summed E-state index contributed by atoms with van der Waals surface area (Å²) in [6, 6.07) is 0. The van der Waals surface area contributed by atoms with E-state index >= 15 is 0 Å². The van der Waals surface area contributed by atoms with Gasteiger partial charge in [-0.1, -0.05) is 0 Å². The fraction of sp³-hybridized carbons (Fsp3) is 0.714. The first-order chi connectivity index (χ1) is 8.79. The van der Waals surface area contributed by atoms with Crippen molar-refractivity contribution in [1.29, 1.82) is 0 Å². The van der Waals surface area contributed by atoms with Crippen LogP contribution in [-0.4, -0.2) is 17.6 Å². The van der Waals surface area contributed by atoms with Gasteiger partial charge in [-0.05, 0) is 44.9 Å². The molecule has 0 atom stereocenters. The zero-order chi connectivity index (χ0) is 12.8. The third-order valence-electron chi connectivity index (χ3n) is 3.71. The zero-order valence-corrected chi connectivity index (χ0v) is 11.7. The van der Waals surface area contributed by atoms with Gasteiger partial charge in [0.2, 0.25) is 0 Å². The summed E-state index contributed by atoms with van der Waals surface area (Å²) >= 11 is 1.77. The largest absolute Gasteiger partial charge is 0.466 e. The summed E-state index contributed by atoms with van der Waals surface area (Å²) in [6.07, 6.45) is 8.37. The van der Waals surface area contributed by atoms with Crippen molar-refractivity contribution in [3.05, 3.63) is 16.6 Å². The standard InChI is InChI=1S/C14H21NO2S/c1-2-17-13(16)8-5-11-3-6-12(7-4-11)14-15-9-10-18-14/h9-12H,2-8H2,1H3. The molecule has 3 nitrogen and oxygen atoms in total. The molecule has 1 aromatic rings. The monoisotopic (exact) mass is 267 g/mol. The zero-order valence-electron chi connectivity index (χ0n) is 10.9. The van der Waals surface area contributed by atoms with Crippen LogP contribution in [0.2, 0.25) is 0 Å². The minimum Gasteiger partial charge on any atom is -0.466 e. The van der Waals surface area contributed by atoms with Crippen LogP contribution in [0.1, 0.15) is 56.4 Å². The fourth-order valence-electron chi connectivity index (χ4n) is 2.69. The number of thiazole rings is 1. The van der Waals surface area contributed by atoms with Crippen LogP contribution in [0, 0.1) is 5.92 Å². The van der Waals surface area contributed by atoms with E-state index in [2.05, 4.69) is 10.4 Å². The molecule has 0 unspecified atom stereocenters. The summed E-state index contributed by atoms with van der Waals surface area (Å²) in [5, 5.41) is 3.35. The molecule has 1 aliphatic rings. The van der Waals surface area contributed by atoms with Crippen LogP contribution in [0.15, 0.2) is 11.6 Å². The molecule has 1 heterocycles. The lowest BCUT2D eigenvalue weighted by Gasteiger charge is -2.27. The van der Waals surface area contributed by atoms with Crippen molar-refractivity contribution in [2.75, 3.05) is 6.61 Å². The van der Waals surface area contributed by atoms with E-state index in [1.807, 2.05) is 13.1 Å². The number of ether oxygens (including phenoxy) is 1. The fourth-order valence-corrected chi connectivity index (χ4v) is 3.50. The van der Waals surface area contributed by atoms with Gasteiger partial charge in [0.05, 0.1) is 11.6 Å². The second-order valence-electron chi connectivity index (χ2n) is 4.93. The Morgan fingerprint density at radius 3 is 2.83 bits per heavy atom. The quantitative estimate of drug-likeness (QED) is 0.762. The summed E-state index contributed by atoms with van der Waals surface area (Å²) in [7, 11) is 0. The maximum Gasteiger partial charge on any atom is 0.305 e. The van der Waals surface area contributed by atoms with Gasteiger partial charge >= 0.3 is 5.97 Å². The Morgan fingerprint density at radius 1 is 1.44 bits per heavy atom. The van der Waals surface area contributed by atoms with Crippen LogP contribution in [0.5, 0.6) is 0 Å². The molecule has 0 aromatic carbocycles. The molecule has 0 spiro atoms. The lowest BCUT2D eigenvalue weighted by Crippen LogP contribution is -2.15. The Labute approximate surface area is 113 Å². The van der Waals surface area contributed by atoms with Crippen LogP contribution >= 0.6 is 11.3 Å². The molecule has 1 fully saturated rings. The van der Waals surface area contributed by atoms with Crippen molar-refractivity contribution in [3.63, 3.8) is 0 Å². The van der Waals surface area contributed by atoms with Crippen molar-refractivity contribution in [2.24, 2.45) is 5.92 Å². The van der Waals surface area contributed by atoms with E-state index in [0.717, 1.165) is 6.42 Å². The highest BCUT2D eigenvalue weighted by Gasteiger charge is 2.24. The Bertz CT molecular complexity index is 356. The molecule has 0 amide bonds. The van der Waals surface area contributed by atoms with Gasteiger partial charge in [0.25, 0.3) is 0 Å². The lowest BCUT2D eigenvalue weighted by atomic mass is 9.80. The third kappa shape index (κ3) is 3.80. The normalized spacial score (nSPS) is 23.8. The van der Waals surface area contributed by atoms with Crippen molar-refractivity contribution in [3.8, 4) is 0 Å². The van der Waals surface area contributed by atoms with Gasteiger partial charge in [-0.2, -0.15) is 0 Å². The number of hydrogen-bond donors (Lipinski definition) is 0. The molecular weight excluding hydrogens is 246 g/mol. The summed E-state index contributed by atoms with van der Waals surface area (Å²) in [5.41, 5.74) is 0. The van der Waals surface area contributed by atoms with Crippen LogP contribution in [0.3, 0.4) is 0 Å². The van der Waals surface area contributed by atoms with E-state index in [1.165, 1.54) is 30.7 Å². The van der Waals surface area contributed by atoms with Crippen molar-refractivity contribution in [1.82, 2.24) is 4.98 Å². The van der Waals surface area contributed by atoms with Gasteiger partial charge in [-0.15, -0.1) is 11.3 Å². The molecule has 1 saturated carbocycles. The van der Waals surface area contributed by atoms with Gasteiger partial charge in [0, 0.05) is 23.9 Å². The molecule has 1 aromatic heterocycles. The van der Waals surface area contributed by atoms with E-state index in [9.17, 15) is 4.79 Å². The molecule has 0 radical (unpaired) electrons. The predicted molar refractivity (Wildman–Crippen MR) is 72.7 cm³/mol. The third-order valence-corrected chi connectivity index (χ3v) is 4.65. The maximum absolute atomic E-state index is 11.3. The number of esters is 1. The summed E-state index contributed by atoms with van der Waals surface area (Å²) < 4.78 is 4.97. The van der Waals surface area contributed by atoms with Crippen LogP contribution in [0.4, 0.5) is 0 Å². The number of carbonyl (C=O) groups excluding carboxylic acids is 1. The van der Waals surface area contributed by atoms with Crippen molar-refractivity contribution < 1.29 is 9.53 Å². The number of nitrogens with zero attached hydrogens (tertiary/aromatic N) is 1. The molecule has 100 valence electrons. The van der Waals surface area contributed by atoms with E-state index in [0.29, 0.717) is 24.9 Å². The Hall–Kier alpha value is -0.900. The average molecular weight is 267 g/mol. The summed E-state index contributed by atoms with van der Waals surface area (Å²) in [5.74, 6) is 1.31. The highest BCUT2D eigenvalue weighted by Crippen LogP contribution is 2.38. The van der Waals surface area contributed by atoms with Crippen LogP contribution in [-0.2, 0) is 9.53 Å². The van der Waals surface area contributed by atoms with Crippen LogP contribution < -0.4 is 0 Å². The van der Waals surface area contributed by atoms with Crippen molar-refractivity contribution >= 4 is 17.3 Å². The number of aromatic nitrogens is 1. The van der Waals surface area contributed by atoms with Gasteiger partial charge in [-0.3, -0.25) is 4.79 Å². The molecule has 1 aliphatic carbocycles. The maximum atomic E-state index is 11.3. The highest BCUT2D eigenvalue weighted by atomic mass is 32.1. The molecular formula is C14H21NO2S. The van der Waals surface area contributed by atoms with Gasteiger partial charge in [0.15, 0.2) is 0 Å². The number of hydrogen-bond acceptors (Lipinski definition) is 4. The molecule has 2 rings (SSSR count). The average Bonchev–Trinajstić information content (AvgIpc) is 2.91. The summed E-state index contributed by atoms with van der Waals surface area (Å²) in [6.45, 7) is 2.35. The minimum absolute atomic E-state index is 0.0421. The van der Waals surface area contributed by atoms with E-state index < -0.39 is 0 Å². The van der Waals surface area contributed by atoms with Gasteiger partial charge < -0.3 is 4.74 Å². The SMILES string of the molecule is CCOC(=O)CCC1CCC(c2nccs2)CC1. The van der Waals surface area contributed by atoms with Gasteiger partial charge in [-0.25, -0.2) is 4.98 Å². The summed E-state index contributed by atoms with van der Waals surface area (Å²) in [4.78, 5) is 15.7. The molecule has 0 N–H and O–H groups in total. The minimum atomic E-state index is -0.0421. The second kappa shape index (κ2) is 6.88. The number of rotatable bonds is 5. The van der Waals surface area contributed by atoms with Crippen molar-refractivity contribution in [2.45, 2.75) is 51.4 Å². The topological polar surface area (TPSA) is 39.2 Å².